The van der Waals surface area contributed by atoms with Crippen LogP contribution in [0.15, 0.2) is 38.2 Å². The molecule has 112 valence electrons. The molecule has 0 aliphatic rings. The highest BCUT2D eigenvalue weighted by atomic mass is 79.9. The van der Waals surface area contributed by atoms with Crippen molar-refractivity contribution in [2.75, 3.05) is 4.72 Å². The zero-order chi connectivity index (χ0) is 15.8. The lowest BCUT2D eigenvalue weighted by molar-refractivity contribution is 0.600. The average Bonchev–Trinajstić information content (AvgIpc) is 2.38. The highest BCUT2D eigenvalue weighted by Crippen LogP contribution is 2.29. The summed E-state index contributed by atoms with van der Waals surface area (Å²) >= 11 is 12.0. The van der Waals surface area contributed by atoms with E-state index in [1.807, 2.05) is 0 Å². The van der Waals surface area contributed by atoms with Crippen molar-refractivity contribution >= 4 is 59.2 Å². The van der Waals surface area contributed by atoms with Crippen LogP contribution in [0.5, 0.6) is 0 Å². The third-order valence-electron chi connectivity index (χ3n) is 2.57. The lowest BCUT2D eigenvalue weighted by atomic mass is 10.2. The van der Waals surface area contributed by atoms with Crippen LogP contribution < -0.4 is 4.72 Å². The Morgan fingerprint density at radius 3 is 2.62 bits per heavy atom. The third kappa shape index (κ3) is 3.74. The fourth-order valence-corrected chi connectivity index (χ4v) is 3.96. The molecule has 1 N–H and O–H groups in total. The van der Waals surface area contributed by atoms with Crippen molar-refractivity contribution < 1.29 is 12.8 Å². The van der Waals surface area contributed by atoms with E-state index in [-0.39, 0.29) is 20.2 Å². The molecule has 2 aromatic rings. The van der Waals surface area contributed by atoms with Gasteiger partial charge in [0.15, 0.2) is 0 Å². The summed E-state index contributed by atoms with van der Waals surface area (Å²) in [5, 5.41) is -0.149. The Labute approximate surface area is 143 Å². The van der Waals surface area contributed by atoms with Crippen molar-refractivity contribution in [2.24, 2.45) is 0 Å². The van der Waals surface area contributed by atoms with Crippen molar-refractivity contribution in [1.29, 1.82) is 0 Å². The monoisotopic (exact) mass is 456 g/mol. The number of nitrogens with zero attached hydrogens (tertiary/aromatic N) is 1. The number of nitrogens with one attached hydrogen (secondary N) is 1. The second-order valence-electron chi connectivity index (χ2n) is 4.13. The van der Waals surface area contributed by atoms with Crippen LogP contribution in [0.1, 0.15) is 5.56 Å². The summed E-state index contributed by atoms with van der Waals surface area (Å²) in [7, 11) is -3.94. The Bertz CT molecular complexity index is 815. The normalized spacial score (nSPS) is 11.5. The van der Waals surface area contributed by atoms with Crippen molar-refractivity contribution in [1.82, 2.24) is 4.98 Å². The first-order valence-electron chi connectivity index (χ1n) is 5.50. The fraction of sp³-hybridized carbons (Fsp3) is 0.0833. The van der Waals surface area contributed by atoms with Gasteiger partial charge in [-0.25, -0.2) is 17.8 Å². The summed E-state index contributed by atoms with van der Waals surface area (Å²) in [5.41, 5.74) is 0.692. The minimum atomic E-state index is -3.94. The van der Waals surface area contributed by atoms with Gasteiger partial charge in [0.05, 0.1) is 10.2 Å². The van der Waals surface area contributed by atoms with Crippen LogP contribution in [-0.4, -0.2) is 13.4 Å². The number of rotatable bonds is 3. The Morgan fingerprint density at radius 2 is 1.95 bits per heavy atom. The van der Waals surface area contributed by atoms with Crippen LogP contribution in [0, 0.1) is 12.7 Å². The molecule has 0 saturated heterocycles. The second kappa shape index (κ2) is 6.20. The SMILES string of the molecule is Cc1cc(F)c(Br)cc1NS(=O)(=O)c1cc(Br)cnc1Cl. The van der Waals surface area contributed by atoms with Gasteiger partial charge in [-0.3, -0.25) is 4.72 Å². The van der Waals surface area contributed by atoms with Crippen molar-refractivity contribution in [3.05, 3.63) is 49.9 Å². The first-order valence-corrected chi connectivity index (χ1v) is 8.95. The third-order valence-corrected chi connectivity index (χ3v) is 5.41. The van der Waals surface area contributed by atoms with E-state index in [1.54, 1.807) is 6.92 Å². The van der Waals surface area contributed by atoms with Crippen molar-refractivity contribution in [2.45, 2.75) is 11.8 Å². The number of anilines is 1. The molecule has 0 amide bonds. The van der Waals surface area contributed by atoms with Crippen LogP contribution in [0.4, 0.5) is 10.1 Å². The fourth-order valence-electron chi connectivity index (χ4n) is 1.55. The molecule has 0 aliphatic heterocycles. The number of sulfonamides is 1. The lowest BCUT2D eigenvalue weighted by Crippen LogP contribution is -2.15. The molecular weight excluding hydrogens is 450 g/mol. The number of aromatic nitrogens is 1. The number of halogens is 4. The number of hydrogen-bond acceptors (Lipinski definition) is 3. The Balaban J connectivity index is 2.47. The predicted molar refractivity (Wildman–Crippen MR) is 86.6 cm³/mol. The van der Waals surface area contributed by atoms with E-state index in [2.05, 4.69) is 41.6 Å². The molecule has 0 spiro atoms. The highest BCUT2D eigenvalue weighted by Gasteiger charge is 2.21. The van der Waals surface area contributed by atoms with E-state index < -0.39 is 15.8 Å². The maximum atomic E-state index is 13.4. The molecule has 1 aromatic carbocycles. The van der Waals surface area contributed by atoms with E-state index in [0.29, 0.717) is 10.0 Å². The molecular formula is C12H8Br2ClFN2O2S. The largest absolute Gasteiger partial charge is 0.279 e. The molecule has 21 heavy (non-hydrogen) atoms. The minimum absolute atomic E-state index is 0.149. The standard InChI is InChI=1S/C12H8Br2ClFN2O2S/c1-6-2-9(16)8(14)4-10(6)18-21(19,20)11-3-7(13)5-17-12(11)15/h2-5,18H,1H3. The van der Waals surface area contributed by atoms with Gasteiger partial charge in [-0.2, -0.15) is 0 Å². The van der Waals surface area contributed by atoms with E-state index in [0.717, 1.165) is 0 Å². The van der Waals surface area contributed by atoms with Crippen molar-refractivity contribution in [3.8, 4) is 0 Å². The van der Waals surface area contributed by atoms with Crippen molar-refractivity contribution in [3.63, 3.8) is 0 Å². The van der Waals surface area contributed by atoms with Crippen LogP contribution in [0.2, 0.25) is 5.15 Å². The molecule has 0 radical (unpaired) electrons. The molecule has 9 heteroatoms. The van der Waals surface area contributed by atoms with E-state index in [1.165, 1.54) is 24.4 Å². The molecule has 0 saturated carbocycles. The van der Waals surface area contributed by atoms with Gasteiger partial charge >= 0.3 is 0 Å². The first-order chi connectivity index (χ1) is 9.70. The number of aryl methyl sites for hydroxylation is 1. The first kappa shape index (κ1) is 16.7. The molecule has 0 fully saturated rings. The van der Waals surface area contributed by atoms with E-state index >= 15 is 0 Å². The maximum absolute atomic E-state index is 13.4. The summed E-state index contributed by atoms with van der Waals surface area (Å²) in [6, 6.07) is 3.91. The van der Waals surface area contributed by atoms with Gasteiger partial charge in [-0.15, -0.1) is 0 Å². The Kier molecular flexibility index (Phi) is 4.92. The summed E-state index contributed by atoms with van der Waals surface area (Å²) in [4.78, 5) is 3.60. The van der Waals surface area contributed by atoms with Gasteiger partial charge in [0.2, 0.25) is 0 Å². The smallest absolute Gasteiger partial charge is 0.265 e. The number of pyridine rings is 1. The molecule has 0 atom stereocenters. The van der Waals surface area contributed by atoms with Gasteiger partial charge in [-0.05, 0) is 62.5 Å². The van der Waals surface area contributed by atoms with E-state index in [4.69, 9.17) is 11.6 Å². The Morgan fingerprint density at radius 1 is 1.29 bits per heavy atom. The zero-order valence-electron chi connectivity index (χ0n) is 10.5. The van der Waals surface area contributed by atoms with Gasteiger partial charge in [0.25, 0.3) is 10.0 Å². The van der Waals surface area contributed by atoms with Crippen LogP contribution >= 0.6 is 43.5 Å². The highest BCUT2D eigenvalue weighted by molar-refractivity contribution is 9.10. The predicted octanol–water partition coefficient (Wildman–Crippen LogP) is 4.51. The van der Waals surface area contributed by atoms with Crippen LogP contribution in [0.3, 0.4) is 0 Å². The van der Waals surface area contributed by atoms with Gasteiger partial charge < -0.3 is 0 Å². The van der Waals surface area contributed by atoms with Gasteiger partial charge in [0, 0.05) is 10.7 Å². The maximum Gasteiger partial charge on any atom is 0.265 e. The van der Waals surface area contributed by atoms with Crippen LogP contribution in [0.25, 0.3) is 0 Å². The summed E-state index contributed by atoms with van der Waals surface area (Å²) in [6.07, 6.45) is 1.39. The van der Waals surface area contributed by atoms with E-state index in [9.17, 15) is 12.8 Å². The Hall–Kier alpha value is -0.700. The second-order valence-corrected chi connectivity index (χ2v) is 7.91. The quantitative estimate of drug-likeness (QED) is 0.689. The summed E-state index contributed by atoms with van der Waals surface area (Å²) in [6.45, 7) is 1.59. The van der Waals surface area contributed by atoms with Gasteiger partial charge in [-0.1, -0.05) is 11.6 Å². The van der Waals surface area contributed by atoms with Gasteiger partial charge in [0.1, 0.15) is 15.9 Å². The summed E-state index contributed by atoms with van der Waals surface area (Å²) in [5.74, 6) is -0.474. The molecule has 0 unspecified atom stereocenters. The molecule has 2 rings (SSSR count). The summed E-state index contributed by atoms with van der Waals surface area (Å²) < 4.78 is 41.1. The average molecular weight is 459 g/mol. The lowest BCUT2D eigenvalue weighted by Gasteiger charge is -2.12. The number of hydrogen-bond donors (Lipinski definition) is 1. The topological polar surface area (TPSA) is 59.1 Å². The van der Waals surface area contributed by atoms with Crippen LogP contribution in [-0.2, 0) is 10.0 Å². The minimum Gasteiger partial charge on any atom is -0.279 e. The molecule has 4 nitrogen and oxygen atoms in total. The molecule has 1 aromatic heterocycles. The molecule has 1 heterocycles. The molecule has 0 bridgehead atoms. The number of benzene rings is 1. The molecule has 0 aliphatic carbocycles. The zero-order valence-corrected chi connectivity index (χ0v) is 15.2.